The van der Waals surface area contributed by atoms with Crippen molar-refractivity contribution in [2.75, 3.05) is 0 Å². The summed E-state index contributed by atoms with van der Waals surface area (Å²) in [5, 5.41) is 10.2. The molecule has 0 rings (SSSR count). The van der Waals surface area contributed by atoms with E-state index in [1.54, 1.807) is 0 Å². The second kappa shape index (κ2) is 5.01. The maximum absolute atomic E-state index is 12.4. The maximum Gasteiger partial charge on any atom is 0.272 e. The highest BCUT2D eigenvalue weighted by atomic mass is 19.1. The molecular formula is C8H8FNO2. The molecule has 0 N–H and O–H groups in total. The highest BCUT2D eigenvalue weighted by Crippen LogP contribution is 2.05. The molecule has 0 aromatic rings. The fraction of sp³-hybridized carbons (Fsp3) is 0. The topological polar surface area (TPSA) is 43.1 Å². The van der Waals surface area contributed by atoms with Crippen molar-refractivity contribution in [3.05, 3.63) is 59.1 Å². The number of allylic oxidation sites excluding steroid dienone is 5. The van der Waals surface area contributed by atoms with E-state index in [0.29, 0.717) is 0 Å². The van der Waals surface area contributed by atoms with Crippen LogP contribution in [0.5, 0.6) is 0 Å². The van der Waals surface area contributed by atoms with E-state index >= 15 is 0 Å². The molecule has 0 radical (unpaired) electrons. The lowest BCUT2D eigenvalue weighted by atomic mass is 10.3. The first-order valence-electron chi connectivity index (χ1n) is 3.08. The highest BCUT2D eigenvalue weighted by molar-refractivity contribution is 5.22. The summed E-state index contributed by atoms with van der Waals surface area (Å²) in [7, 11) is 0. The zero-order chi connectivity index (χ0) is 9.56. The Bertz CT molecular complexity index is 266. The number of hydrogen-bond acceptors (Lipinski definition) is 2. The third kappa shape index (κ3) is 3.46. The first-order valence-corrected chi connectivity index (χ1v) is 3.08. The fourth-order valence-electron chi connectivity index (χ4n) is 0.483. The van der Waals surface area contributed by atoms with E-state index in [4.69, 9.17) is 0 Å². The van der Waals surface area contributed by atoms with Crippen LogP contribution in [0.2, 0.25) is 0 Å². The summed E-state index contributed by atoms with van der Waals surface area (Å²) in [6.45, 7) is 6.37. The average molecular weight is 169 g/mol. The molecule has 0 aliphatic carbocycles. The lowest BCUT2D eigenvalue weighted by Gasteiger charge is -1.88. The molecule has 0 aliphatic rings. The molecule has 0 aromatic carbocycles. The van der Waals surface area contributed by atoms with Gasteiger partial charge in [0.15, 0.2) is 0 Å². The smallest absolute Gasteiger partial charge is 0.258 e. The molecule has 0 atom stereocenters. The van der Waals surface area contributed by atoms with E-state index in [0.717, 1.165) is 18.2 Å². The summed E-state index contributed by atoms with van der Waals surface area (Å²) < 4.78 is 12.4. The van der Waals surface area contributed by atoms with Crippen molar-refractivity contribution in [2.24, 2.45) is 0 Å². The van der Waals surface area contributed by atoms with Gasteiger partial charge in [0.05, 0.1) is 11.0 Å². The number of hydrogen-bond donors (Lipinski definition) is 0. The van der Waals surface area contributed by atoms with Crippen LogP contribution in [0.15, 0.2) is 49.0 Å². The van der Waals surface area contributed by atoms with Gasteiger partial charge < -0.3 is 0 Å². The standard InChI is InChI=1S/C8H8FNO2/c1-3-5-8(10(11)12)6-7(9)4-2/h3-6H,1-2H2/b7-6+,8-5+. The first-order chi connectivity index (χ1) is 5.61. The number of nitrogens with zero attached hydrogens (tertiary/aromatic N) is 1. The van der Waals surface area contributed by atoms with Crippen LogP contribution in [0.25, 0.3) is 0 Å². The fourth-order valence-corrected chi connectivity index (χ4v) is 0.483. The van der Waals surface area contributed by atoms with Crippen LogP contribution in [-0.2, 0) is 0 Å². The van der Waals surface area contributed by atoms with Crippen molar-refractivity contribution in [3.63, 3.8) is 0 Å². The summed E-state index contributed by atoms with van der Waals surface area (Å²) in [5.74, 6) is -0.750. The summed E-state index contributed by atoms with van der Waals surface area (Å²) in [6.07, 6.45) is 3.98. The van der Waals surface area contributed by atoms with Gasteiger partial charge >= 0.3 is 0 Å². The predicted octanol–water partition coefficient (Wildman–Crippen LogP) is 2.37. The molecule has 64 valence electrons. The van der Waals surface area contributed by atoms with Crippen molar-refractivity contribution in [3.8, 4) is 0 Å². The van der Waals surface area contributed by atoms with Crippen molar-refractivity contribution < 1.29 is 9.31 Å². The lowest BCUT2D eigenvalue weighted by Crippen LogP contribution is -1.94. The Morgan fingerprint density at radius 2 is 2.08 bits per heavy atom. The Kier molecular flexibility index (Phi) is 4.30. The molecule has 4 heteroatoms. The minimum absolute atomic E-state index is 0.359. The molecule has 3 nitrogen and oxygen atoms in total. The lowest BCUT2D eigenvalue weighted by molar-refractivity contribution is -0.419. The highest BCUT2D eigenvalue weighted by Gasteiger charge is 2.05. The largest absolute Gasteiger partial charge is 0.272 e. The van der Waals surface area contributed by atoms with Gasteiger partial charge in [-0.2, -0.15) is 0 Å². The number of halogens is 1. The Labute approximate surface area is 69.4 Å². The minimum Gasteiger partial charge on any atom is -0.258 e. The summed E-state index contributed by atoms with van der Waals surface area (Å²) in [6, 6.07) is 0. The number of nitro groups is 1. The van der Waals surface area contributed by atoms with Gasteiger partial charge in [-0.3, -0.25) is 10.1 Å². The molecule has 0 heterocycles. The maximum atomic E-state index is 12.4. The van der Waals surface area contributed by atoms with Crippen LogP contribution in [0, 0.1) is 10.1 Å². The monoisotopic (exact) mass is 169 g/mol. The van der Waals surface area contributed by atoms with E-state index in [2.05, 4.69) is 13.2 Å². The van der Waals surface area contributed by atoms with Crippen molar-refractivity contribution in [2.45, 2.75) is 0 Å². The Morgan fingerprint density at radius 3 is 2.42 bits per heavy atom. The zero-order valence-electron chi connectivity index (χ0n) is 6.37. The van der Waals surface area contributed by atoms with E-state index in [9.17, 15) is 14.5 Å². The number of rotatable bonds is 4. The van der Waals surface area contributed by atoms with Gasteiger partial charge in [0, 0.05) is 6.08 Å². The minimum atomic E-state index is -0.750. The third-order valence-corrected chi connectivity index (χ3v) is 0.980. The molecule has 0 amide bonds. The van der Waals surface area contributed by atoms with E-state index < -0.39 is 10.8 Å². The molecule has 0 saturated carbocycles. The Balaban J connectivity index is 4.78. The van der Waals surface area contributed by atoms with Gasteiger partial charge in [0.25, 0.3) is 5.70 Å². The zero-order valence-corrected chi connectivity index (χ0v) is 6.37. The molecular weight excluding hydrogens is 161 g/mol. The van der Waals surface area contributed by atoms with Gasteiger partial charge in [-0.15, -0.1) is 0 Å². The molecule has 0 spiro atoms. The quantitative estimate of drug-likeness (QED) is 0.368. The van der Waals surface area contributed by atoms with Crippen molar-refractivity contribution in [1.82, 2.24) is 0 Å². The van der Waals surface area contributed by atoms with Gasteiger partial charge in [0.2, 0.25) is 0 Å². The molecule has 0 fully saturated rings. The van der Waals surface area contributed by atoms with Crippen molar-refractivity contribution >= 4 is 0 Å². The molecule has 0 unspecified atom stereocenters. The molecule has 0 aliphatic heterocycles. The van der Waals surface area contributed by atoms with E-state index in [1.165, 1.54) is 6.08 Å². The van der Waals surface area contributed by atoms with E-state index in [1.807, 2.05) is 0 Å². The Hall–Kier alpha value is -1.71. The van der Waals surface area contributed by atoms with Crippen LogP contribution in [0.4, 0.5) is 4.39 Å². The first kappa shape index (κ1) is 10.3. The summed E-state index contributed by atoms with van der Waals surface area (Å²) in [5.41, 5.74) is -0.359. The van der Waals surface area contributed by atoms with Crippen LogP contribution in [0.3, 0.4) is 0 Å². The van der Waals surface area contributed by atoms with Gasteiger partial charge in [-0.05, 0) is 6.08 Å². The van der Waals surface area contributed by atoms with Crippen LogP contribution in [-0.4, -0.2) is 4.92 Å². The Morgan fingerprint density at radius 1 is 1.50 bits per heavy atom. The second-order valence-corrected chi connectivity index (χ2v) is 1.82. The molecule has 0 saturated heterocycles. The van der Waals surface area contributed by atoms with Gasteiger partial charge in [-0.1, -0.05) is 19.2 Å². The van der Waals surface area contributed by atoms with E-state index in [-0.39, 0.29) is 5.70 Å². The van der Waals surface area contributed by atoms with Crippen LogP contribution in [0.1, 0.15) is 0 Å². The molecule has 12 heavy (non-hydrogen) atoms. The van der Waals surface area contributed by atoms with Crippen molar-refractivity contribution in [1.29, 1.82) is 0 Å². The second-order valence-electron chi connectivity index (χ2n) is 1.82. The summed E-state index contributed by atoms with van der Waals surface area (Å²) >= 11 is 0. The molecule has 0 bridgehead atoms. The van der Waals surface area contributed by atoms with Crippen LogP contribution >= 0.6 is 0 Å². The summed E-state index contributed by atoms with van der Waals surface area (Å²) in [4.78, 5) is 9.48. The molecule has 0 aromatic heterocycles. The average Bonchev–Trinajstić information content (AvgIpc) is 2.03. The van der Waals surface area contributed by atoms with Gasteiger partial charge in [-0.25, -0.2) is 4.39 Å². The van der Waals surface area contributed by atoms with Crippen LogP contribution < -0.4 is 0 Å². The third-order valence-electron chi connectivity index (χ3n) is 0.980. The van der Waals surface area contributed by atoms with Gasteiger partial charge in [0.1, 0.15) is 5.83 Å². The SMILES string of the molecule is C=C/C=C(\C=C(\F)C=C)[N+](=O)[O-]. The normalized spacial score (nSPS) is 12.4. The predicted molar refractivity (Wildman–Crippen MR) is 44.7 cm³/mol.